The number of fused-ring (bicyclic) bond motifs is 1. The molecule has 8 heteroatoms. The maximum absolute atomic E-state index is 8.87. The van der Waals surface area contributed by atoms with Crippen molar-refractivity contribution in [3.05, 3.63) is 42.7 Å². The van der Waals surface area contributed by atoms with Crippen molar-refractivity contribution in [3.8, 4) is 17.0 Å². The van der Waals surface area contributed by atoms with Gasteiger partial charge < -0.3 is 24.8 Å². The lowest BCUT2D eigenvalue weighted by Crippen LogP contribution is -2.48. The molecule has 0 amide bonds. The zero-order valence-corrected chi connectivity index (χ0v) is 16.4. The predicted octanol–water partition coefficient (Wildman–Crippen LogP) is 1.84. The number of nitrogens with one attached hydrogen (secondary N) is 1. The van der Waals surface area contributed by atoms with E-state index in [-0.39, 0.29) is 12.8 Å². The number of ether oxygens (including phenoxy) is 2. The van der Waals surface area contributed by atoms with Crippen molar-refractivity contribution in [1.29, 1.82) is 0 Å². The third-order valence-electron chi connectivity index (χ3n) is 4.83. The second kappa shape index (κ2) is 9.13. The van der Waals surface area contributed by atoms with Crippen LogP contribution in [-0.2, 0) is 4.74 Å². The first-order valence-corrected chi connectivity index (χ1v) is 9.77. The topological polar surface area (TPSA) is 92.6 Å². The number of rotatable bonds is 7. The minimum absolute atomic E-state index is 0.112. The molecule has 0 spiro atoms. The van der Waals surface area contributed by atoms with Crippen LogP contribution in [0.15, 0.2) is 42.7 Å². The highest BCUT2D eigenvalue weighted by molar-refractivity contribution is 5.89. The highest BCUT2D eigenvalue weighted by Gasteiger charge is 2.23. The number of aliphatic hydroxyl groups is 1. The molecular weight excluding hydrogens is 370 g/mol. The summed E-state index contributed by atoms with van der Waals surface area (Å²) >= 11 is 0. The third kappa shape index (κ3) is 4.45. The van der Waals surface area contributed by atoms with E-state index in [2.05, 4.69) is 15.3 Å². The summed E-state index contributed by atoms with van der Waals surface area (Å²) < 4.78 is 11.5. The van der Waals surface area contributed by atoms with E-state index in [1.54, 1.807) is 12.4 Å². The maximum atomic E-state index is 8.87. The molecule has 1 saturated heterocycles. The molecule has 0 bridgehead atoms. The highest BCUT2D eigenvalue weighted by atomic mass is 16.5. The largest absolute Gasteiger partial charge is 0.494 e. The molecule has 1 fully saturated rings. The average molecular weight is 395 g/mol. The molecule has 2 N–H and O–H groups in total. The van der Waals surface area contributed by atoms with Gasteiger partial charge in [0.05, 0.1) is 24.4 Å². The molecule has 8 nitrogen and oxygen atoms in total. The molecule has 3 heterocycles. The lowest BCUT2D eigenvalue weighted by Gasteiger charge is -2.32. The fourth-order valence-electron chi connectivity index (χ4n) is 3.26. The van der Waals surface area contributed by atoms with Crippen molar-refractivity contribution in [2.75, 3.05) is 44.9 Å². The first-order valence-electron chi connectivity index (χ1n) is 9.77. The van der Waals surface area contributed by atoms with Gasteiger partial charge in [-0.25, -0.2) is 9.97 Å². The molecule has 1 aliphatic rings. The van der Waals surface area contributed by atoms with E-state index in [0.29, 0.717) is 19.6 Å². The zero-order valence-electron chi connectivity index (χ0n) is 16.4. The van der Waals surface area contributed by atoms with Gasteiger partial charge in [0.1, 0.15) is 17.5 Å². The van der Waals surface area contributed by atoms with E-state index in [1.807, 2.05) is 42.3 Å². The van der Waals surface area contributed by atoms with Crippen molar-refractivity contribution in [3.63, 3.8) is 0 Å². The number of hydrogen-bond acceptors (Lipinski definition) is 8. The second-order valence-electron chi connectivity index (χ2n) is 6.85. The summed E-state index contributed by atoms with van der Waals surface area (Å²) in [6.07, 6.45) is 3.87. The van der Waals surface area contributed by atoms with Gasteiger partial charge in [0.2, 0.25) is 0 Å². The van der Waals surface area contributed by atoms with Crippen LogP contribution in [0.4, 0.5) is 5.82 Å². The van der Waals surface area contributed by atoms with Gasteiger partial charge in [-0.05, 0) is 30.3 Å². The van der Waals surface area contributed by atoms with E-state index in [0.717, 1.165) is 46.9 Å². The van der Waals surface area contributed by atoms with Crippen molar-refractivity contribution in [2.45, 2.75) is 12.6 Å². The molecule has 0 saturated carbocycles. The minimum Gasteiger partial charge on any atom is -0.494 e. The molecule has 1 atom stereocenters. The number of aliphatic hydroxyl groups excluding tert-OH is 1. The number of aromatic nitrogens is 3. The van der Waals surface area contributed by atoms with Gasteiger partial charge in [-0.3, -0.25) is 4.98 Å². The van der Waals surface area contributed by atoms with Gasteiger partial charge >= 0.3 is 0 Å². The lowest BCUT2D eigenvalue weighted by molar-refractivity contribution is 0.0295. The van der Waals surface area contributed by atoms with Crippen LogP contribution in [0.1, 0.15) is 6.42 Å². The first kappa shape index (κ1) is 19.5. The van der Waals surface area contributed by atoms with Crippen LogP contribution in [0.3, 0.4) is 0 Å². The Hall–Kier alpha value is -2.81. The molecule has 152 valence electrons. The van der Waals surface area contributed by atoms with E-state index >= 15 is 0 Å². The van der Waals surface area contributed by atoms with E-state index in [9.17, 15) is 0 Å². The third-order valence-corrected chi connectivity index (χ3v) is 4.83. The Morgan fingerprint density at radius 1 is 1.24 bits per heavy atom. The summed E-state index contributed by atoms with van der Waals surface area (Å²) in [6, 6.07) is 9.71. The fraction of sp³-hybridized carbons (Fsp3) is 0.381. The summed E-state index contributed by atoms with van der Waals surface area (Å²) in [5.41, 5.74) is 3.30. The predicted molar refractivity (Wildman–Crippen MR) is 111 cm³/mol. The van der Waals surface area contributed by atoms with Crippen LogP contribution in [0.2, 0.25) is 0 Å². The van der Waals surface area contributed by atoms with Crippen LogP contribution in [0.5, 0.6) is 5.75 Å². The number of hydrogen-bond donors (Lipinski definition) is 2. The molecule has 2 aromatic heterocycles. The molecular formula is C21H25N5O3. The molecule has 4 rings (SSSR count). The number of pyridine rings is 1. The molecule has 3 aromatic rings. The van der Waals surface area contributed by atoms with Crippen LogP contribution in [-0.4, -0.2) is 66.2 Å². The SMILES string of the molecule is CN(c1nc(-c2ccc(OCCCO)cc2)cc2nccnc12)[C@@H]1CNCCO1. The van der Waals surface area contributed by atoms with Crippen LogP contribution >= 0.6 is 0 Å². The molecule has 1 aliphatic heterocycles. The summed E-state index contributed by atoms with van der Waals surface area (Å²) in [6.45, 7) is 2.85. The first-order chi connectivity index (χ1) is 14.3. The summed E-state index contributed by atoms with van der Waals surface area (Å²) in [5.74, 6) is 1.50. The van der Waals surface area contributed by atoms with E-state index in [1.165, 1.54) is 0 Å². The number of likely N-dealkylation sites (N-methyl/N-ethyl adjacent to an activating group) is 1. The summed E-state index contributed by atoms with van der Waals surface area (Å²) in [5, 5.41) is 12.2. The maximum Gasteiger partial charge on any atom is 0.159 e. The van der Waals surface area contributed by atoms with Gasteiger partial charge in [-0.2, -0.15) is 0 Å². The molecule has 0 radical (unpaired) electrons. The summed E-state index contributed by atoms with van der Waals surface area (Å²) in [7, 11) is 1.97. The fourth-order valence-corrected chi connectivity index (χ4v) is 3.26. The molecule has 29 heavy (non-hydrogen) atoms. The number of anilines is 1. The Morgan fingerprint density at radius 3 is 2.83 bits per heavy atom. The quantitative estimate of drug-likeness (QED) is 0.586. The van der Waals surface area contributed by atoms with Crippen LogP contribution in [0, 0.1) is 0 Å². The van der Waals surface area contributed by atoms with Gasteiger partial charge in [-0.1, -0.05) is 0 Å². The monoisotopic (exact) mass is 395 g/mol. The van der Waals surface area contributed by atoms with Gasteiger partial charge in [0.15, 0.2) is 5.82 Å². The van der Waals surface area contributed by atoms with Gasteiger partial charge in [0, 0.05) is 51.1 Å². The number of nitrogens with zero attached hydrogens (tertiary/aromatic N) is 4. The molecule has 0 unspecified atom stereocenters. The van der Waals surface area contributed by atoms with Crippen molar-refractivity contribution in [2.24, 2.45) is 0 Å². The minimum atomic E-state index is -0.112. The average Bonchev–Trinajstić information content (AvgIpc) is 2.79. The second-order valence-corrected chi connectivity index (χ2v) is 6.85. The summed E-state index contributed by atoms with van der Waals surface area (Å²) in [4.78, 5) is 15.9. The van der Waals surface area contributed by atoms with Crippen LogP contribution in [0.25, 0.3) is 22.3 Å². The Labute approximate surface area is 169 Å². The van der Waals surface area contributed by atoms with Crippen LogP contribution < -0.4 is 15.0 Å². The molecule has 0 aliphatic carbocycles. The Balaban J connectivity index is 1.66. The smallest absolute Gasteiger partial charge is 0.159 e. The molecule has 1 aromatic carbocycles. The lowest BCUT2D eigenvalue weighted by atomic mass is 10.1. The Morgan fingerprint density at radius 2 is 2.07 bits per heavy atom. The van der Waals surface area contributed by atoms with Crippen molar-refractivity contribution < 1.29 is 14.6 Å². The Kier molecular flexibility index (Phi) is 6.14. The standard InChI is InChI=1S/C21H25N5O3/c1-26(19-14-22-9-12-29-19)21-20-18(23-7-8-24-20)13-17(25-21)15-3-5-16(6-4-15)28-11-2-10-27/h3-8,13,19,22,27H,2,9-12,14H2,1H3/t19-/m0/s1. The normalized spacial score (nSPS) is 16.7. The Bertz CT molecular complexity index is 945. The van der Waals surface area contributed by atoms with Crippen molar-refractivity contribution >= 4 is 16.9 Å². The number of morpholine rings is 1. The van der Waals surface area contributed by atoms with E-state index < -0.39 is 0 Å². The number of benzene rings is 1. The van der Waals surface area contributed by atoms with Crippen molar-refractivity contribution in [1.82, 2.24) is 20.3 Å². The zero-order chi connectivity index (χ0) is 20.1. The van der Waals surface area contributed by atoms with E-state index in [4.69, 9.17) is 19.6 Å². The van der Waals surface area contributed by atoms with Gasteiger partial charge in [0.25, 0.3) is 0 Å². The van der Waals surface area contributed by atoms with Gasteiger partial charge in [-0.15, -0.1) is 0 Å². The highest BCUT2D eigenvalue weighted by Crippen LogP contribution is 2.29.